The molecule has 0 fully saturated rings. The zero-order valence-electron chi connectivity index (χ0n) is 8.74. The number of halogens is 1. The zero-order valence-corrected chi connectivity index (χ0v) is 9.56. The Morgan fingerprint density at radius 3 is 3.00 bits per heavy atom. The van der Waals surface area contributed by atoms with E-state index in [1.165, 1.54) is 7.11 Å². The number of fused-ring (bicyclic) bond motifs is 1. The highest BCUT2D eigenvalue weighted by atomic mass is 35.5. The van der Waals surface area contributed by atoms with Gasteiger partial charge in [-0.15, -0.1) is 12.4 Å². The van der Waals surface area contributed by atoms with E-state index in [2.05, 4.69) is 15.2 Å². The Bertz CT molecular complexity index is 376. The fourth-order valence-electron chi connectivity index (χ4n) is 1.77. The van der Waals surface area contributed by atoms with Crippen LogP contribution in [0.1, 0.15) is 21.7 Å². The summed E-state index contributed by atoms with van der Waals surface area (Å²) in [5.41, 5.74) is 2.57. The van der Waals surface area contributed by atoms with Crippen molar-refractivity contribution in [3.8, 4) is 0 Å². The molecule has 0 saturated carbocycles. The van der Waals surface area contributed by atoms with Crippen molar-refractivity contribution < 1.29 is 9.53 Å². The summed E-state index contributed by atoms with van der Waals surface area (Å²) in [5.74, 6) is -0.344. The average molecular weight is 232 g/mol. The summed E-state index contributed by atoms with van der Waals surface area (Å²) in [6.07, 6.45) is 0.841. The second-order valence-electron chi connectivity index (χ2n) is 3.32. The Morgan fingerprint density at radius 1 is 1.60 bits per heavy atom. The predicted molar refractivity (Wildman–Crippen MR) is 57.2 cm³/mol. The lowest BCUT2D eigenvalue weighted by Gasteiger charge is -2.13. The predicted octanol–water partition coefficient (Wildman–Crippen LogP) is 0.274. The molecule has 0 radical (unpaired) electrons. The van der Waals surface area contributed by atoms with Gasteiger partial charge < -0.3 is 10.1 Å². The van der Waals surface area contributed by atoms with Crippen molar-refractivity contribution in [2.75, 3.05) is 13.7 Å². The highest BCUT2D eigenvalue weighted by Gasteiger charge is 2.23. The van der Waals surface area contributed by atoms with E-state index in [0.29, 0.717) is 5.69 Å². The Labute approximate surface area is 94.2 Å². The molecule has 0 aliphatic carbocycles. The first kappa shape index (κ1) is 12.0. The maximum absolute atomic E-state index is 11.4. The molecule has 15 heavy (non-hydrogen) atoms. The van der Waals surface area contributed by atoms with Gasteiger partial charge in [-0.3, -0.25) is 4.68 Å². The van der Waals surface area contributed by atoms with Gasteiger partial charge in [0.05, 0.1) is 12.8 Å². The van der Waals surface area contributed by atoms with Crippen LogP contribution in [-0.4, -0.2) is 29.4 Å². The molecule has 0 unspecified atom stereocenters. The number of nitrogens with zero attached hydrogens (tertiary/aromatic N) is 2. The minimum atomic E-state index is -0.344. The number of rotatable bonds is 1. The Morgan fingerprint density at radius 2 is 2.33 bits per heavy atom. The van der Waals surface area contributed by atoms with Gasteiger partial charge in [-0.2, -0.15) is 5.10 Å². The lowest BCUT2D eigenvalue weighted by Crippen LogP contribution is -2.25. The van der Waals surface area contributed by atoms with Gasteiger partial charge in [-0.05, 0) is 13.0 Å². The molecule has 6 heteroatoms. The molecule has 0 bridgehead atoms. The van der Waals surface area contributed by atoms with E-state index in [4.69, 9.17) is 0 Å². The van der Waals surface area contributed by atoms with Gasteiger partial charge in [0.15, 0.2) is 5.69 Å². The van der Waals surface area contributed by atoms with Gasteiger partial charge in [0.1, 0.15) is 0 Å². The first-order valence-corrected chi connectivity index (χ1v) is 4.58. The monoisotopic (exact) mass is 231 g/mol. The molecule has 0 atom stereocenters. The van der Waals surface area contributed by atoms with E-state index in [-0.39, 0.29) is 18.4 Å². The average Bonchev–Trinajstić information content (AvgIpc) is 2.56. The number of esters is 1. The first-order chi connectivity index (χ1) is 6.74. The lowest BCUT2D eigenvalue weighted by atomic mass is 10.1. The van der Waals surface area contributed by atoms with Gasteiger partial charge in [-0.25, -0.2) is 4.79 Å². The van der Waals surface area contributed by atoms with Crippen LogP contribution in [0.3, 0.4) is 0 Å². The second kappa shape index (κ2) is 4.63. The van der Waals surface area contributed by atoms with Crippen LogP contribution >= 0.6 is 12.4 Å². The summed E-state index contributed by atoms with van der Waals surface area (Å²) in [6.45, 7) is 1.67. The molecule has 2 heterocycles. The molecule has 1 aliphatic rings. The minimum Gasteiger partial charge on any atom is -0.464 e. The maximum Gasteiger partial charge on any atom is 0.358 e. The van der Waals surface area contributed by atoms with Crippen LogP contribution in [0, 0.1) is 0 Å². The summed E-state index contributed by atoms with van der Waals surface area (Å²) >= 11 is 0. The zero-order chi connectivity index (χ0) is 10.1. The van der Waals surface area contributed by atoms with E-state index >= 15 is 0 Å². The Kier molecular flexibility index (Phi) is 3.71. The number of ether oxygens (including phenoxy) is 1. The third-order valence-corrected chi connectivity index (χ3v) is 2.50. The van der Waals surface area contributed by atoms with Gasteiger partial charge in [0.25, 0.3) is 0 Å². The van der Waals surface area contributed by atoms with Crippen LogP contribution in [0.25, 0.3) is 0 Å². The van der Waals surface area contributed by atoms with E-state index in [1.54, 1.807) is 4.68 Å². The van der Waals surface area contributed by atoms with Crippen LogP contribution < -0.4 is 5.32 Å². The molecular weight excluding hydrogens is 218 g/mol. The van der Waals surface area contributed by atoms with Crippen molar-refractivity contribution in [1.82, 2.24) is 15.1 Å². The molecule has 1 aliphatic heterocycles. The van der Waals surface area contributed by atoms with Crippen molar-refractivity contribution in [1.29, 1.82) is 0 Å². The summed E-state index contributed by atoms with van der Waals surface area (Å²) in [7, 11) is 3.22. The van der Waals surface area contributed by atoms with Crippen LogP contribution in [0.2, 0.25) is 0 Å². The molecule has 1 N–H and O–H groups in total. The summed E-state index contributed by atoms with van der Waals surface area (Å²) in [6, 6.07) is 0. The van der Waals surface area contributed by atoms with Crippen LogP contribution in [0.15, 0.2) is 0 Å². The van der Waals surface area contributed by atoms with Gasteiger partial charge in [0.2, 0.25) is 0 Å². The molecule has 0 saturated heterocycles. The maximum atomic E-state index is 11.4. The number of hydrogen-bond donors (Lipinski definition) is 1. The van der Waals surface area contributed by atoms with Crippen LogP contribution in [-0.2, 0) is 24.8 Å². The van der Waals surface area contributed by atoms with Crippen molar-refractivity contribution in [3.63, 3.8) is 0 Å². The minimum absolute atomic E-state index is 0. The van der Waals surface area contributed by atoms with E-state index in [0.717, 1.165) is 30.8 Å². The number of aryl methyl sites for hydroxylation is 1. The standard InChI is InChI=1S/C9H13N3O2.ClH/c1-12-7-5-10-4-3-6(7)8(11-12)9(13)14-2;/h10H,3-5H2,1-2H3;1H. The Hall–Kier alpha value is -1.07. The molecule has 0 spiro atoms. The van der Waals surface area contributed by atoms with E-state index in [1.807, 2.05) is 7.05 Å². The molecule has 0 amide bonds. The van der Waals surface area contributed by atoms with Crippen LogP contribution in [0.4, 0.5) is 0 Å². The quantitative estimate of drug-likeness (QED) is 0.706. The molecule has 5 nitrogen and oxygen atoms in total. The number of aromatic nitrogens is 2. The SMILES string of the molecule is COC(=O)c1nn(C)c2c1CCNC2.Cl. The van der Waals surface area contributed by atoms with Crippen molar-refractivity contribution in [3.05, 3.63) is 17.0 Å². The Balaban J connectivity index is 0.00000112. The second-order valence-corrected chi connectivity index (χ2v) is 3.32. The summed E-state index contributed by atoms with van der Waals surface area (Å²) < 4.78 is 6.42. The number of methoxy groups -OCH3 is 1. The molecule has 1 aromatic rings. The highest BCUT2D eigenvalue weighted by molar-refractivity contribution is 5.89. The number of carbonyl (C=O) groups is 1. The number of carbonyl (C=O) groups excluding carboxylic acids is 1. The van der Waals surface area contributed by atoms with Crippen molar-refractivity contribution >= 4 is 18.4 Å². The van der Waals surface area contributed by atoms with E-state index < -0.39 is 0 Å². The normalized spacial score (nSPS) is 14.0. The first-order valence-electron chi connectivity index (χ1n) is 4.58. The third kappa shape index (κ3) is 1.98. The molecule has 2 rings (SSSR count). The molecule has 1 aromatic heterocycles. The van der Waals surface area contributed by atoms with Gasteiger partial charge in [-0.1, -0.05) is 0 Å². The molecule has 84 valence electrons. The lowest BCUT2D eigenvalue weighted by molar-refractivity contribution is 0.0592. The van der Waals surface area contributed by atoms with Crippen LogP contribution in [0.5, 0.6) is 0 Å². The number of nitrogens with one attached hydrogen (secondary N) is 1. The fraction of sp³-hybridized carbons (Fsp3) is 0.556. The van der Waals surface area contributed by atoms with E-state index in [9.17, 15) is 4.79 Å². The topological polar surface area (TPSA) is 56.1 Å². The number of hydrogen-bond acceptors (Lipinski definition) is 4. The summed E-state index contributed by atoms with van der Waals surface area (Å²) in [5, 5.41) is 7.40. The fourth-order valence-corrected chi connectivity index (χ4v) is 1.77. The summed E-state index contributed by atoms with van der Waals surface area (Å²) in [4.78, 5) is 11.4. The van der Waals surface area contributed by atoms with Gasteiger partial charge >= 0.3 is 5.97 Å². The van der Waals surface area contributed by atoms with Crippen molar-refractivity contribution in [2.24, 2.45) is 7.05 Å². The largest absolute Gasteiger partial charge is 0.464 e. The molecule has 0 aromatic carbocycles. The highest BCUT2D eigenvalue weighted by Crippen LogP contribution is 2.17. The van der Waals surface area contributed by atoms with Gasteiger partial charge in [0, 0.05) is 19.2 Å². The smallest absolute Gasteiger partial charge is 0.358 e. The third-order valence-electron chi connectivity index (χ3n) is 2.50. The van der Waals surface area contributed by atoms with Crippen molar-refractivity contribution in [2.45, 2.75) is 13.0 Å². The molecular formula is C9H14ClN3O2.